The van der Waals surface area contributed by atoms with E-state index < -0.39 is 0 Å². The highest BCUT2D eigenvalue weighted by Crippen LogP contribution is 2.32. The highest BCUT2D eigenvalue weighted by Gasteiger charge is 2.20. The lowest BCUT2D eigenvalue weighted by atomic mass is 10.1. The van der Waals surface area contributed by atoms with Gasteiger partial charge in [-0.1, -0.05) is 17.4 Å². The minimum atomic E-state index is 0.117. The normalized spacial score (nSPS) is 11.3. The molecule has 0 fully saturated rings. The third kappa shape index (κ3) is 5.74. The maximum atomic E-state index is 13.1. The summed E-state index contributed by atoms with van der Waals surface area (Å²) in [6.45, 7) is 5.61. The number of rotatable bonds is 9. The van der Waals surface area contributed by atoms with E-state index in [2.05, 4.69) is 30.9 Å². The Morgan fingerprint density at radius 2 is 1.87 bits per heavy atom. The molecule has 0 saturated carbocycles. The van der Waals surface area contributed by atoms with Crippen molar-refractivity contribution < 1.29 is 9.53 Å². The van der Waals surface area contributed by atoms with E-state index in [0.29, 0.717) is 13.0 Å². The molecule has 1 aromatic heterocycles. The molecule has 0 bridgehead atoms. The number of aryl methyl sites for hydroxylation is 2. The maximum absolute atomic E-state index is 13.1. The summed E-state index contributed by atoms with van der Waals surface area (Å²) in [6, 6.07) is 12.2. The fourth-order valence-electron chi connectivity index (χ4n) is 3.16. The fraction of sp³-hybridized carbons (Fsp3) is 0.391. The van der Waals surface area contributed by atoms with Gasteiger partial charge in [-0.2, -0.15) is 0 Å². The van der Waals surface area contributed by atoms with Crippen molar-refractivity contribution in [1.82, 2.24) is 9.88 Å². The summed E-state index contributed by atoms with van der Waals surface area (Å²) in [5, 5.41) is 0.792. The van der Waals surface area contributed by atoms with Crippen molar-refractivity contribution in [1.29, 1.82) is 0 Å². The Balaban J connectivity index is 1.72. The van der Waals surface area contributed by atoms with Gasteiger partial charge in [0.1, 0.15) is 5.75 Å². The number of ether oxygens (including phenoxy) is 1. The van der Waals surface area contributed by atoms with Gasteiger partial charge in [0.25, 0.3) is 0 Å². The van der Waals surface area contributed by atoms with Crippen molar-refractivity contribution in [3.05, 3.63) is 47.5 Å². The maximum Gasteiger partial charge on any atom is 0.229 e. The molecule has 1 amide bonds. The van der Waals surface area contributed by atoms with E-state index in [0.717, 1.165) is 43.9 Å². The van der Waals surface area contributed by atoms with E-state index in [9.17, 15) is 4.79 Å². The molecule has 0 aliphatic heterocycles. The first-order valence-electron chi connectivity index (χ1n) is 9.97. The van der Waals surface area contributed by atoms with Crippen LogP contribution in [0.25, 0.3) is 10.2 Å². The Morgan fingerprint density at radius 3 is 2.53 bits per heavy atom. The predicted molar refractivity (Wildman–Crippen MR) is 128 cm³/mol. The first-order valence-corrected chi connectivity index (χ1v) is 11.8. The molecule has 5 nitrogen and oxygen atoms in total. The molecule has 160 valence electrons. The third-order valence-electron chi connectivity index (χ3n) is 4.77. The molecule has 30 heavy (non-hydrogen) atoms. The number of fused-ring (bicyclic) bond motifs is 1. The SMILES string of the molecule is COc1ccc(SCCC(=O)N(CCN(C)C)c2nc3c(C)cc(C)cc3s2)cc1. The molecule has 0 aliphatic rings. The van der Waals surface area contributed by atoms with E-state index in [1.807, 2.05) is 43.3 Å². The lowest BCUT2D eigenvalue weighted by molar-refractivity contribution is -0.118. The first kappa shape index (κ1) is 22.6. The monoisotopic (exact) mass is 443 g/mol. The zero-order valence-corrected chi connectivity index (χ0v) is 19.9. The van der Waals surface area contributed by atoms with Gasteiger partial charge in [0, 0.05) is 30.2 Å². The number of hydrogen-bond acceptors (Lipinski definition) is 6. The second-order valence-electron chi connectivity index (χ2n) is 7.55. The van der Waals surface area contributed by atoms with Crippen LogP contribution in [0.2, 0.25) is 0 Å². The second-order valence-corrected chi connectivity index (χ2v) is 9.73. The molecule has 3 rings (SSSR count). The molecule has 0 atom stereocenters. The zero-order valence-electron chi connectivity index (χ0n) is 18.3. The van der Waals surface area contributed by atoms with Crippen LogP contribution in [0.4, 0.5) is 5.13 Å². The number of likely N-dealkylation sites (N-methyl/N-ethyl adjacent to an activating group) is 1. The van der Waals surface area contributed by atoms with Crippen molar-refractivity contribution in [3.8, 4) is 5.75 Å². The number of amides is 1. The van der Waals surface area contributed by atoms with Gasteiger partial charge in [0.05, 0.1) is 17.3 Å². The van der Waals surface area contributed by atoms with E-state index in [1.54, 1.807) is 30.2 Å². The Labute approximate surface area is 187 Å². The number of thiazole rings is 1. The molecule has 0 saturated heterocycles. The Morgan fingerprint density at radius 1 is 1.13 bits per heavy atom. The molecule has 0 N–H and O–H groups in total. The van der Waals surface area contributed by atoms with Gasteiger partial charge >= 0.3 is 0 Å². The van der Waals surface area contributed by atoms with Crippen molar-refractivity contribution in [2.45, 2.75) is 25.2 Å². The lowest BCUT2D eigenvalue weighted by Crippen LogP contribution is -2.36. The molecule has 3 aromatic rings. The van der Waals surface area contributed by atoms with E-state index in [-0.39, 0.29) is 5.91 Å². The number of hydrogen-bond donors (Lipinski definition) is 0. The highest BCUT2D eigenvalue weighted by molar-refractivity contribution is 7.99. The lowest BCUT2D eigenvalue weighted by Gasteiger charge is -2.22. The summed E-state index contributed by atoms with van der Waals surface area (Å²) in [5.74, 6) is 1.69. The van der Waals surface area contributed by atoms with Gasteiger partial charge in [-0.3, -0.25) is 9.69 Å². The number of anilines is 1. The predicted octanol–water partition coefficient (Wildman–Crippen LogP) is 5.00. The summed E-state index contributed by atoms with van der Waals surface area (Å²) < 4.78 is 6.34. The third-order valence-corrected chi connectivity index (χ3v) is 6.80. The Bertz CT molecular complexity index is 1000. The van der Waals surface area contributed by atoms with Crippen LogP contribution in [0.3, 0.4) is 0 Å². The van der Waals surface area contributed by atoms with Crippen molar-refractivity contribution in [2.75, 3.05) is 44.9 Å². The number of carbonyl (C=O) groups excluding carboxylic acids is 1. The van der Waals surface area contributed by atoms with Crippen LogP contribution in [0, 0.1) is 13.8 Å². The summed E-state index contributed by atoms with van der Waals surface area (Å²) >= 11 is 3.29. The summed E-state index contributed by atoms with van der Waals surface area (Å²) in [5.41, 5.74) is 3.37. The second kappa shape index (κ2) is 10.3. The minimum Gasteiger partial charge on any atom is -0.497 e. The van der Waals surface area contributed by atoms with Gasteiger partial charge in [-0.15, -0.1) is 11.8 Å². The number of methoxy groups -OCH3 is 1. The molecule has 1 heterocycles. The fourth-order valence-corrected chi connectivity index (χ4v) is 5.19. The van der Waals surface area contributed by atoms with Crippen molar-refractivity contribution in [2.24, 2.45) is 0 Å². The molecule has 0 spiro atoms. The van der Waals surface area contributed by atoms with Gasteiger partial charge in [-0.05, 0) is 69.4 Å². The molecule has 0 aliphatic carbocycles. The zero-order chi connectivity index (χ0) is 21.7. The van der Waals surface area contributed by atoms with Crippen LogP contribution < -0.4 is 9.64 Å². The number of aromatic nitrogens is 1. The average molecular weight is 444 g/mol. The molecule has 2 aromatic carbocycles. The van der Waals surface area contributed by atoms with E-state index in [4.69, 9.17) is 9.72 Å². The number of thioether (sulfide) groups is 1. The summed E-state index contributed by atoms with van der Waals surface area (Å²) in [4.78, 5) is 23.0. The number of nitrogens with zero attached hydrogens (tertiary/aromatic N) is 3. The van der Waals surface area contributed by atoms with Crippen molar-refractivity contribution >= 4 is 44.4 Å². The molecule has 7 heteroatoms. The molecule has 0 unspecified atom stereocenters. The molecular formula is C23H29N3O2S2. The standard InChI is InChI=1S/C23H29N3O2S2/c1-16-14-17(2)22-20(15-16)30-23(24-22)26(12-11-25(3)4)21(27)10-13-29-19-8-6-18(28-5)7-9-19/h6-9,14-15H,10-13H2,1-5H3. The van der Waals surface area contributed by atoms with Crippen LogP contribution in [-0.4, -0.2) is 55.8 Å². The Hall–Kier alpha value is -2.09. The quantitative estimate of drug-likeness (QED) is 0.436. The summed E-state index contributed by atoms with van der Waals surface area (Å²) in [6.07, 6.45) is 0.470. The number of carbonyl (C=O) groups is 1. The van der Waals surface area contributed by atoms with Crippen LogP contribution >= 0.6 is 23.1 Å². The molecular weight excluding hydrogens is 414 g/mol. The van der Waals surface area contributed by atoms with Crippen LogP contribution in [-0.2, 0) is 4.79 Å². The van der Waals surface area contributed by atoms with Crippen LogP contribution in [0.1, 0.15) is 17.5 Å². The summed E-state index contributed by atoms with van der Waals surface area (Å²) in [7, 11) is 5.70. The van der Waals surface area contributed by atoms with E-state index in [1.165, 1.54) is 5.56 Å². The molecule has 0 radical (unpaired) electrons. The average Bonchev–Trinajstić information content (AvgIpc) is 3.12. The minimum absolute atomic E-state index is 0.117. The topological polar surface area (TPSA) is 45.7 Å². The Kier molecular flexibility index (Phi) is 7.75. The van der Waals surface area contributed by atoms with Crippen LogP contribution in [0.5, 0.6) is 5.75 Å². The van der Waals surface area contributed by atoms with Gasteiger partial charge < -0.3 is 9.64 Å². The highest BCUT2D eigenvalue weighted by atomic mass is 32.2. The van der Waals surface area contributed by atoms with Gasteiger partial charge in [-0.25, -0.2) is 4.98 Å². The van der Waals surface area contributed by atoms with Gasteiger partial charge in [0.2, 0.25) is 5.91 Å². The van der Waals surface area contributed by atoms with E-state index >= 15 is 0 Å². The smallest absolute Gasteiger partial charge is 0.229 e. The number of benzene rings is 2. The van der Waals surface area contributed by atoms with Gasteiger partial charge in [0.15, 0.2) is 5.13 Å². The van der Waals surface area contributed by atoms with Crippen LogP contribution in [0.15, 0.2) is 41.3 Å². The largest absolute Gasteiger partial charge is 0.497 e. The van der Waals surface area contributed by atoms with Crippen molar-refractivity contribution in [3.63, 3.8) is 0 Å². The first-order chi connectivity index (χ1) is 14.4.